The van der Waals surface area contributed by atoms with Crippen molar-refractivity contribution in [3.8, 4) is 17.1 Å². The van der Waals surface area contributed by atoms with E-state index in [1.807, 2.05) is 12.2 Å². The number of nitrogens with zero attached hydrogens (tertiary/aromatic N) is 5. The highest BCUT2D eigenvalue weighted by Crippen LogP contribution is 2.38. The van der Waals surface area contributed by atoms with Gasteiger partial charge in [-0.1, -0.05) is 0 Å². The van der Waals surface area contributed by atoms with Crippen LogP contribution in [-0.4, -0.2) is 43.0 Å². The minimum absolute atomic E-state index is 0.00719. The molecule has 3 rings (SSSR count). The third-order valence-corrected chi connectivity index (χ3v) is 4.29. The summed E-state index contributed by atoms with van der Waals surface area (Å²) in [5.74, 6) is -0.490. The fraction of sp³-hybridized carbons (Fsp3) is 0.263. The molecule has 2 N–H and O–H groups in total. The lowest BCUT2D eigenvalue weighted by Crippen LogP contribution is -2.10. The van der Waals surface area contributed by atoms with Crippen molar-refractivity contribution in [2.75, 3.05) is 12.4 Å². The van der Waals surface area contributed by atoms with Crippen molar-refractivity contribution in [1.29, 1.82) is 0 Å². The van der Waals surface area contributed by atoms with E-state index in [0.717, 1.165) is 6.07 Å². The van der Waals surface area contributed by atoms with Gasteiger partial charge < -0.3 is 14.6 Å². The number of nitro groups is 1. The number of amides is 1. The van der Waals surface area contributed by atoms with Gasteiger partial charge in [-0.3, -0.25) is 20.1 Å². The van der Waals surface area contributed by atoms with Gasteiger partial charge in [-0.15, -0.1) is 0 Å². The molecule has 0 aliphatic heterocycles. The third-order valence-electron chi connectivity index (χ3n) is 4.29. The number of benzene rings is 1. The molecular formula is C19H19FN6O6. The molecule has 1 aromatic carbocycles. The highest BCUT2D eigenvalue weighted by molar-refractivity contribution is 5.81. The second kappa shape index (κ2) is 9.78. The first-order valence-electron chi connectivity index (χ1n) is 9.30. The molecule has 32 heavy (non-hydrogen) atoms. The van der Waals surface area contributed by atoms with Gasteiger partial charge in [0.15, 0.2) is 5.82 Å². The molecule has 0 spiro atoms. The number of ether oxygens (including phenoxy) is 2. The lowest BCUT2D eigenvalue weighted by atomic mass is 10.1. The van der Waals surface area contributed by atoms with Crippen LogP contribution in [0.2, 0.25) is 0 Å². The molecule has 0 aliphatic carbocycles. The van der Waals surface area contributed by atoms with Crippen LogP contribution in [0, 0.1) is 15.9 Å². The maximum absolute atomic E-state index is 14.0. The summed E-state index contributed by atoms with van der Waals surface area (Å²) in [5, 5.41) is 26.6. The van der Waals surface area contributed by atoms with Gasteiger partial charge in [-0.25, -0.2) is 19.2 Å². The van der Waals surface area contributed by atoms with Crippen molar-refractivity contribution < 1.29 is 28.7 Å². The normalized spacial score (nSPS) is 10.7. The van der Waals surface area contributed by atoms with Crippen LogP contribution in [0.15, 0.2) is 30.6 Å². The van der Waals surface area contributed by atoms with Gasteiger partial charge in [0, 0.05) is 12.6 Å². The van der Waals surface area contributed by atoms with Gasteiger partial charge in [0.05, 0.1) is 30.8 Å². The predicted octanol–water partition coefficient (Wildman–Crippen LogP) is 3.22. The van der Waals surface area contributed by atoms with Crippen LogP contribution in [0.4, 0.5) is 20.7 Å². The molecule has 0 saturated carbocycles. The topological polar surface area (TPSA) is 155 Å². The van der Waals surface area contributed by atoms with Crippen LogP contribution in [0.1, 0.15) is 18.2 Å². The largest absolute Gasteiger partial charge is 0.490 e. The number of nitro benzene ring substituents is 1. The van der Waals surface area contributed by atoms with E-state index >= 15 is 0 Å². The maximum atomic E-state index is 14.0. The molecular weight excluding hydrogens is 427 g/mol. The number of aryl methyl sites for hydroxylation is 1. The zero-order chi connectivity index (χ0) is 23.3. The summed E-state index contributed by atoms with van der Waals surface area (Å²) < 4.78 is 26.3. The van der Waals surface area contributed by atoms with Gasteiger partial charge >= 0.3 is 11.8 Å². The van der Waals surface area contributed by atoms with Crippen molar-refractivity contribution in [2.24, 2.45) is 0 Å². The number of aromatic nitrogens is 4. The number of halogens is 1. The molecule has 0 fully saturated rings. The van der Waals surface area contributed by atoms with Crippen LogP contribution >= 0.6 is 0 Å². The summed E-state index contributed by atoms with van der Waals surface area (Å²) in [5.41, 5.74) is 0.293. The van der Waals surface area contributed by atoms with Gasteiger partial charge in [0.1, 0.15) is 23.7 Å². The molecule has 3 aromatic rings. The molecule has 2 aromatic heterocycles. The highest BCUT2D eigenvalue weighted by atomic mass is 19.1. The average molecular weight is 446 g/mol. The second-order valence-electron chi connectivity index (χ2n) is 6.42. The molecule has 1 amide bonds. The Balaban J connectivity index is 1.85. The first-order valence-corrected chi connectivity index (χ1v) is 9.30. The van der Waals surface area contributed by atoms with Gasteiger partial charge in [0.25, 0.3) is 0 Å². The number of rotatable bonds is 9. The Morgan fingerprint density at radius 1 is 1.34 bits per heavy atom. The Morgan fingerprint density at radius 3 is 2.75 bits per heavy atom. The Kier molecular flexibility index (Phi) is 6.90. The van der Waals surface area contributed by atoms with Crippen molar-refractivity contribution >= 4 is 17.6 Å². The minimum Gasteiger partial charge on any atom is -0.490 e. The smallest absolute Gasteiger partial charge is 0.410 e. The van der Waals surface area contributed by atoms with Crippen LogP contribution in [0.5, 0.6) is 5.75 Å². The standard InChI is InChI=1S/C19H19FN6O6/c1-3-25-10-21-18(24-25)12-6-11(7-15(26(29)30)17(12)31-2)8-32-9-14-13(20)4-5-16(22-14)23-19(27)28/h4-7,10H,3,8-9H2,1-2H3,(H,22,23)(H,27,28). The molecule has 12 nitrogen and oxygen atoms in total. The van der Waals surface area contributed by atoms with Crippen molar-refractivity contribution in [1.82, 2.24) is 19.7 Å². The minimum atomic E-state index is -1.34. The lowest BCUT2D eigenvalue weighted by Gasteiger charge is -2.11. The maximum Gasteiger partial charge on any atom is 0.410 e. The number of carboxylic acid groups (broad SMARTS) is 1. The van der Waals surface area contributed by atoms with Crippen molar-refractivity contribution in [3.05, 3.63) is 57.8 Å². The number of pyridine rings is 1. The number of anilines is 1. The van der Waals surface area contributed by atoms with E-state index in [4.69, 9.17) is 14.6 Å². The first-order chi connectivity index (χ1) is 15.3. The number of nitrogens with one attached hydrogen (secondary N) is 1. The molecule has 0 radical (unpaired) electrons. The molecule has 0 unspecified atom stereocenters. The van der Waals surface area contributed by atoms with E-state index in [1.54, 1.807) is 10.7 Å². The van der Waals surface area contributed by atoms with Crippen LogP contribution in [-0.2, 0) is 24.5 Å². The zero-order valence-electron chi connectivity index (χ0n) is 17.1. The summed E-state index contributed by atoms with van der Waals surface area (Å²) in [6.45, 7) is 2.02. The van der Waals surface area contributed by atoms with E-state index in [1.165, 1.54) is 25.6 Å². The summed E-state index contributed by atoms with van der Waals surface area (Å²) >= 11 is 0. The Hall–Kier alpha value is -4.13. The van der Waals surface area contributed by atoms with Crippen molar-refractivity contribution in [2.45, 2.75) is 26.7 Å². The van der Waals surface area contributed by atoms with Crippen LogP contribution < -0.4 is 10.1 Å². The van der Waals surface area contributed by atoms with Gasteiger partial charge in [0.2, 0.25) is 5.75 Å². The Bertz CT molecular complexity index is 1150. The zero-order valence-corrected chi connectivity index (χ0v) is 17.1. The predicted molar refractivity (Wildman–Crippen MR) is 109 cm³/mol. The summed E-state index contributed by atoms with van der Waals surface area (Å²) in [4.78, 5) is 29.7. The fourth-order valence-electron chi connectivity index (χ4n) is 2.87. The lowest BCUT2D eigenvalue weighted by molar-refractivity contribution is -0.385. The summed E-state index contributed by atoms with van der Waals surface area (Å²) in [6, 6.07) is 5.11. The summed E-state index contributed by atoms with van der Waals surface area (Å²) in [6.07, 6.45) is 0.157. The van der Waals surface area contributed by atoms with Gasteiger partial charge in [-0.2, -0.15) is 5.10 Å². The molecule has 0 saturated heterocycles. The second-order valence-corrected chi connectivity index (χ2v) is 6.42. The molecule has 0 bridgehead atoms. The van der Waals surface area contributed by atoms with Crippen LogP contribution in [0.3, 0.4) is 0 Å². The van der Waals surface area contributed by atoms with Crippen LogP contribution in [0.25, 0.3) is 11.4 Å². The Labute approximate surface area is 180 Å². The van der Waals surface area contributed by atoms with E-state index in [0.29, 0.717) is 17.7 Å². The molecule has 2 heterocycles. The van der Waals surface area contributed by atoms with E-state index < -0.39 is 16.8 Å². The molecule has 168 valence electrons. The van der Waals surface area contributed by atoms with E-state index in [2.05, 4.69) is 15.1 Å². The fourth-order valence-corrected chi connectivity index (χ4v) is 2.87. The van der Waals surface area contributed by atoms with E-state index in [-0.39, 0.29) is 42.0 Å². The molecule has 13 heteroatoms. The third kappa shape index (κ3) is 5.13. The first kappa shape index (κ1) is 22.6. The molecule has 0 aliphatic rings. The van der Waals surface area contributed by atoms with Gasteiger partial charge in [-0.05, 0) is 30.7 Å². The number of hydrogen-bond donors (Lipinski definition) is 2. The Morgan fingerprint density at radius 2 is 2.12 bits per heavy atom. The highest BCUT2D eigenvalue weighted by Gasteiger charge is 2.24. The van der Waals surface area contributed by atoms with Crippen molar-refractivity contribution in [3.63, 3.8) is 0 Å². The number of hydrogen-bond acceptors (Lipinski definition) is 8. The monoisotopic (exact) mass is 446 g/mol. The SMILES string of the molecule is CCn1cnc(-c2cc(COCc3nc(NC(=O)O)ccc3F)cc([N+](=O)[O-])c2OC)n1. The quantitative estimate of drug-likeness (QED) is 0.372. The number of carbonyl (C=O) groups is 1. The number of methoxy groups -OCH3 is 1. The average Bonchev–Trinajstić information content (AvgIpc) is 3.24. The molecule has 0 atom stereocenters. The van der Waals surface area contributed by atoms with E-state index in [9.17, 15) is 19.3 Å². The summed E-state index contributed by atoms with van der Waals surface area (Å²) in [7, 11) is 1.31.